The number of halogens is 2. The number of carbonyl (C=O) groups excluding carboxylic acids is 1. The van der Waals surface area contributed by atoms with Crippen LogP contribution in [0.1, 0.15) is 32.0 Å². The molecule has 0 aliphatic carbocycles. The summed E-state index contributed by atoms with van der Waals surface area (Å²) in [5.74, 6) is 0.223. The van der Waals surface area contributed by atoms with Gasteiger partial charge in [-0.2, -0.15) is 5.10 Å². The molecule has 3 heterocycles. The molecule has 0 radical (unpaired) electrons. The molecule has 9 nitrogen and oxygen atoms in total. The van der Waals surface area contributed by atoms with Gasteiger partial charge in [-0.3, -0.25) is 4.68 Å². The fourth-order valence-corrected chi connectivity index (χ4v) is 2.95. The smallest absolute Gasteiger partial charge is 0.322 e. The predicted octanol–water partition coefficient (Wildman–Crippen LogP) is 1.52. The molecule has 26 heavy (non-hydrogen) atoms. The van der Waals surface area contributed by atoms with Crippen molar-refractivity contribution in [3.8, 4) is 0 Å². The van der Waals surface area contributed by atoms with Crippen LogP contribution >= 0.6 is 0 Å². The van der Waals surface area contributed by atoms with Gasteiger partial charge in [0, 0.05) is 25.5 Å². The molecule has 0 saturated carbocycles. The van der Waals surface area contributed by atoms with Gasteiger partial charge < -0.3 is 15.3 Å². The minimum Gasteiger partial charge on any atom is -0.389 e. The summed E-state index contributed by atoms with van der Waals surface area (Å²) >= 11 is 0. The maximum Gasteiger partial charge on any atom is 0.322 e. The summed E-state index contributed by atoms with van der Waals surface area (Å²) in [5.41, 5.74) is -0.490. The van der Waals surface area contributed by atoms with Crippen molar-refractivity contribution in [2.24, 2.45) is 5.92 Å². The van der Waals surface area contributed by atoms with Crippen molar-refractivity contribution in [1.29, 1.82) is 0 Å². The van der Waals surface area contributed by atoms with Crippen molar-refractivity contribution in [2.45, 2.75) is 39.0 Å². The fourth-order valence-electron chi connectivity index (χ4n) is 2.95. The molecule has 1 aliphatic rings. The van der Waals surface area contributed by atoms with Gasteiger partial charge in [0.1, 0.15) is 0 Å². The van der Waals surface area contributed by atoms with Gasteiger partial charge in [0.15, 0.2) is 5.69 Å². The van der Waals surface area contributed by atoms with Crippen LogP contribution in [0.5, 0.6) is 0 Å². The Morgan fingerprint density at radius 1 is 1.42 bits per heavy atom. The van der Waals surface area contributed by atoms with E-state index in [-0.39, 0.29) is 24.7 Å². The lowest BCUT2D eigenvalue weighted by Crippen LogP contribution is -2.34. The molecule has 1 aliphatic heterocycles. The summed E-state index contributed by atoms with van der Waals surface area (Å²) in [5, 5.41) is 24.0. The van der Waals surface area contributed by atoms with E-state index in [1.54, 1.807) is 6.20 Å². The molecule has 0 bridgehead atoms. The zero-order valence-electron chi connectivity index (χ0n) is 14.5. The number of aliphatic hydroxyl groups is 1. The summed E-state index contributed by atoms with van der Waals surface area (Å²) < 4.78 is 29.3. The molecule has 0 aromatic carbocycles. The number of β-amino-alcohol motifs (C(OH)–C–C–N with tert-alkyl or cyclic N) is 1. The largest absolute Gasteiger partial charge is 0.389 e. The van der Waals surface area contributed by atoms with E-state index < -0.39 is 30.3 Å². The van der Waals surface area contributed by atoms with Crippen molar-refractivity contribution in [3.05, 3.63) is 24.3 Å². The van der Waals surface area contributed by atoms with Crippen LogP contribution in [0.2, 0.25) is 0 Å². The number of aromatic nitrogens is 5. The average molecular weight is 369 g/mol. The van der Waals surface area contributed by atoms with Crippen LogP contribution in [0.3, 0.4) is 0 Å². The SMILES string of the molecule is CC(C)Cn1cc(NC(=O)N2C[C@@H](O)[C@H](n3ccnn3)C2)c(C(F)F)n1. The van der Waals surface area contributed by atoms with E-state index in [9.17, 15) is 18.7 Å². The zero-order chi connectivity index (χ0) is 18.8. The summed E-state index contributed by atoms with van der Waals surface area (Å²) in [7, 11) is 0. The number of hydrogen-bond acceptors (Lipinski definition) is 5. The van der Waals surface area contributed by atoms with E-state index in [0.717, 1.165) is 0 Å². The quantitative estimate of drug-likeness (QED) is 0.832. The second kappa shape index (κ2) is 7.36. The number of carbonyl (C=O) groups is 1. The number of amides is 2. The maximum atomic E-state index is 13.2. The van der Waals surface area contributed by atoms with Crippen molar-refractivity contribution < 1.29 is 18.7 Å². The Kier molecular flexibility index (Phi) is 5.16. The third-order valence-electron chi connectivity index (χ3n) is 4.12. The van der Waals surface area contributed by atoms with Crippen LogP contribution in [0.25, 0.3) is 0 Å². The first kappa shape index (κ1) is 18.2. The number of anilines is 1. The molecule has 2 aromatic heterocycles. The van der Waals surface area contributed by atoms with Crippen molar-refractivity contribution in [3.63, 3.8) is 0 Å². The number of nitrogens with one attached hydrogen (secondary N) is 1. The number of rotatable bonds is 5. The van der Waals surface area contributed by atoms with E-state index >= 15 is 0 Å². The molecular formula is C15H21F2N7O2. The fraction of sp³-hybridized carbons (Fsp3) is 0.600. The Labute approximate surface area is 148 Å². The third-order valence-corrected chi connectivity index (χ3v) is 4.12. The molecule has 2 atom stereocenters. The number of alkyl halides is 2. The first-order valence-corrected chi connectivity index (χ1v) is 8.30. The van der Waals surface area contributed by atoms with Crippen LogP contribution in [-0.4, -0.2) is 60.0 Å². The number of aliphatic hydroxyl groups excluding tert-OH is 1. The van der Waals surface area contributed by atoms with Crippen LogP contribution in [0, 0.1) is 5.92 Å². The predicted molar refractivity (Wildman–Crippen MR) is 87.7 cm³/mol. The zero-order valence-corrected chi connectivity index (χ0v) is 14.5. The van der Waals surface area contributed by atoms with E-state index in [4.69, 9.17) is 0 Å². The van der Waals surface area contributed by atoms with Crippen LogP contribution in [-0.2, 0) is 6.54 Å². The molecule has 1 fully saturated rings. The lowest BCUT2D eigenvalue weighted by Gasteiger charge is -2.16. The molecule has 2 aromatic rings. The van der Waals surface area contributed by atoms with Gasteiger partial charge >= 0.3 is 6.03 Å². The monoisotopic (exact) mass is 369 g/mol. The van der Waals surface area contributed by atoms with E-state index in [1.165, 1.54) is 26.7 Å². The maximum absolute atomic E-state index is 13.2. The molecule has 2 amide bonds. The van der Waals surface area contributed by atoms with Gasteiger partial charge in [0.25, 0.3) is 6.43 Å². The van der Waals surface area contributed by atoms with Crippen molar-refractivity contribution in [1.82, 2.24) is 29.7 Å². The average Bonchev–Trinajstić information content (AvgIpc) is 3.26. The standard InChI is InChI=1S/C15H21F2N7O2/c1-9(2)5-23-6-10(13(20-23)14(16)17)19-15(26)22-7-11(12(25)8-22)24-4-3-18-21-24/h3-4,6,9,11-12,14,25H,5,7-8H2,1-2H3,(H,19,26)/t11-,12-/m1/s1. The molecule has 11 heteroatoms. The Bertz CT molecular complexity index is 747. The molecule has 0 unspecified atom stereocenters. The number of nitrogens with zero attached hydrogens (tertiary/aromatic N) is 6. The molecular weight excluding hydrogens is 348 g/mol. The van der Waals surface area contributed by atoms with E-state index in [0.29, 0.717) is 6.54 Å². The summed E-state index contributed by atoms with van der Waals surface area (Å²) in [6.07, 6.45) is 0.862. The summed E-state index contributed by atoms with van der Waals surface area (Å²) in [6, 6.07) is -1.00. The van der Waals surface area contributed by atoms with Gasteiger partial charge in [0.2, 0.25) is 0 Å². The van der Waals surface area contributed by atoms with Crippen molar-refractivity contribution in [2.75, 3.05) is 18.4 Å². The number of hydrogen-bond donors (Lipinski definition) is 2. The first-order chi connectivity index (χ1) is 12.3. The van der Waals surface area contributed by atoms with Crippen LogP contribution < -0.4 is 5.32 Å². The first-order valence-electron chi connectivity index (χ1n) is 8.30. The highest BCUT2D eigenvalue weighted by Crippen LogP contribution is 2.27. The Hall–Kier alpha value is -2.56. The normalized spacial score (nSPS) is 20.3. The van der Waals surface area contributed by atoms with Gasteiger partial charge in [-0.05, 0) is 5.92 Å². The van der Waals surface area contributed by atoms with Crippen LogP contribution in [0.15, 0.2) is 18.6 Å². The Morgan fingerprint density at radius 3 is 2.81 bits per heavy atom. The molecule has 142 valence electrons. The highest BCUT2D eigenvalue weighted by atomic mass is 19.3. The minimum absolute atomic E-state index is 0.0238. The number of likely N-dealkylation sites (tertiary alicyclic amines) is 1. The Balaban J connectivity index is 1.71. The lowest BCUT2D eigenvalue weighted by molar-refractivity contribution is 0.139. The number of urea groups is 1. The highest BCUT2D eigenvalue weighted by Gasteiger charge is 2.36. The van der Waals surface area contributed by atoms with Gasteiger partial charge in [-0.1, -0.05) is 19.1 Å². The summed E-state index contributed by atoms with van der Waals surface area (Å²) in [6.45, 7) is 4.61. The van der Waals surface area contributed by atoms with E-state index in [2.05, 4.69) is 20.7 Å². The molecule has 3 rings (SSSR count). The summed E-state index contributed by atoms with van der Waals surface area (Å²) in [4.78, 5) is 13.8. The highest BCUT2D eigenvalue weighted by molar-refractivity contribution is 5.90. The lowest BCUT2D eigenvalue weighted by atomic mass is 10.2. The van der Waals surface area contributed by atoms with Gasteiger partial charge in [-0.15, -0.1) is 5.10 Å². The topological polar surface area (TPSA) is 101 Å². The minimum atomic E-state index is -2.80. The van der Waals surface area contributed by atoms with Crippen molar-refractivity contribution >= 4 is 11.7 Å². The van der Waals surface area contributed by atoms with Gasteiger partial charge in [0.05, 0.1) is 30.6 Å². The molecule has 2 N–H and O–H groups in total. The van der Waals surface area contributed by atoms with Crippen LogP contribution in [0.4, 0.5) is 19.3 Å². The molecule has 1 saturated heterocycles. The molecule has 0 spiro atoms. The van der Waals surface area contributed by atoms with E-state index in [1.807, 2.05) is 13.8 Å². The second-order valence-electron chi connectivity index (χ2n) is 6.70. The third kappa shape index (κ3) is 3.82. The second-order valence-corrected chi connectivity index (χ2v) is 6.70. The van der Waals surface area contributed by atoms with Gasteiger partial charge in [-0.25, -0.2) is 18.3 Å². The Morgan fingerprint density at radius 2 is 2.19 bits per heavy atom.